The third-order valence-corrected chi connectivity index (χ3v) is 2.70. The third-order valence-electron chi connectivity index (χ3n) is 2.46. The molecule has 0 fully saturated rings. The molecule has 2 rings (SSSR count). The Balaban J connectivity index is 2.22. The summed E-state index contributed by atoms with van der Waals surface area (Å²) in [4.78, 5) is 11.9. The molecule has 1 amide bonds. The largest absolute Gasteiger partial charge is 0.481 e. The lowest BCUT2D eigenvalue weighted by Gasteiger charge is -2.03. The molecule has 19 heavy (non-hydrogen) atoms. The molecule has 0 radical (unpaired) electrons. The molecule has 0 unspecified atom stereocenters. The number of aryl methyl sites for hydroxylation is 1. The molecule has 0 aliphatic carbocycles. The quantitative estimate of drug-likeness (QED) is 0.941. The van der Waals surface area contributed by atoms with Gasteiger partial charge in [-0.05, 0) is 18.2 Å². The Kier molecular flexibility index (Phi) is 3.71. The van der Waals surface area contributed by atoms with Gasteiger partial charge >= 0.3 is 0 Å². The molecule has 0 saturated carbocycles. The van der Waals surface area contributed by atoms with E-state index in [1.165, 1.54) is 30.0 Å². The first-order valence-corrected chi connectivity index (χ1v) is 5.73. The van der Waals surface area contributed by atoms with E-state index in [0.29, 0.717) is 5.88 Å². The molecule has 5 nitrogen and oxygen atoms in total. The molecule has 1 aromatic heterocycles. The van der Waals surface area contributed by atoms with Crippen LogP contribution in [0.2, 0.25) is 5.02 Å². The van der Waals surface area contributed by atoms with Crippen molar-refractivity contribution in [1.82, 2.24) is 9.78 Å². The summed E-state index contributed by atoms with van der Waals surface area (Å²) in [5.74, 6) is -0.531. The Bertz CT molecular complexity index is 627. The number of benzene rings is 1. The molecule has 1 heterocycles. The van der Waals surface area contributed by atoms with Gasteiger partial charge in [-0.25, -0.2) is 9.07 Å². The maximum atomic E-state index is 13.5. The second-order valence-electron chi connectivity index (χ2n) is 3.77. The van der Waals surface area contributed by atoms with E-state index in [1.807, 2.05) is 0 Å². The number of aromatic nitrogens is 2. The summed E-state index contributed by atoms with van der Waals surface area (Å²) in [6.07, 6.45) is 0. The van der Waals surface area contributed by atoms with Crippen molar-refractivity contribution in [2.45, 2.75) is 0 Å². The van der Waals surface area contributed by atoms with Crippen molar-refractivity contribution in [3.05, 3.63) is 40.7 Å². The van der Waals surface area contributed by atoms with Crippen molar-refractivity contribution >= 4 is 23.3 Å². The molecular formula is C12H11ClFN3O2. The monoisotopic (exact) mass is 283 g/mol. The Hall–Kier alpha value is -2.08. The van der Waals surface area contributed by atoms with Crippen LogP contribution in [0.4, 0.5) is 10.2 Å². The van der Waals surface area contributed by atoms with Crippen LogP contribution in [-0.2, 0) is 7.05 Å². The molecule has 0 spiro atoms. The lowest BCUT2D eigenvalue weighted by Crippen LogP contribution is -2.14. The molecule has 0 saturated heterocycles. The summed E-state index contributed by atoms with van der Waals surface area (Å²) in [6.45, 7) is 0. The number of nitrogens with zero attached hydrogens (tertiary/aromatic N) is 2. The van der Waals surface area contributed by atoms with Gasteiger partial charge in [-0.1, -0.05) is 11.6 Å². The first-order valence-electron chi connectivity index (χ1n) is 5.35. The van der Waals surface area contributed by atoms with E-state index in [-0.39, 0.29) is 16.4 Å². The molecule has 1 N–H and O–H groups in total. The topological polar surface area (TPSA) is 56.1 Å². The average Bonchev–Trinajstić information content (AvgIpc) is 2.72. The summed E-state index contributed by atoms with van der Waals surface area (Å²) >= 11 is 5.73. The van der Waals surface area contributed by atoms with Crippen LogP contribution < -0.4 is 10.1 Å². The highest BCUT2D eigenvalue weighted by Crippen LogP contribution is 2.19. The fourth-order valence-corrected chi connectivity index (χ4v) is 1.73. The van der Waals surface area contributed by atoms with E-state index in [9.17, 15) is 9.18 Å². The summed E-state index contributed by atoms with van der Waals surface area (Å²) in [6, 6.07) is 5.29. The summed E-state index contributed by atoms with van der Waals surface area (Å²) in [7, 11) is 3.15. The van der Waals surface area contributed by atoms with Gasteiger partial charge in [0.25, 0.3) is 5.91 Å². The molecule has 0 atom stereocenters. The number of carbonyl (C=O) groups is 1. The minimum Gasteiger partial charge on any atom is -0.481 e. The number of rotatable bonds is 3. The molecule has 100 valence electrons. The zero-order valence-corrected chi connectivity index (χ0v) is 11.0. The zero-order chi connectivity index (χ0) is 14.0. The number of ether oxygens (including phenoxy) is 1. The second-order valence-corrected chi connectivity index (χ2v) is 4.21. The van der Waals surface area contributed by atoms with Gasteiger partial charge in [0.15, 0.2) is 5.82 Å². The third kappa shape index (κ3) is 2.85. The highest BCUT2D eigenvalue weighted by Gasteiger charge is 2.14. The van der Waals surface area contributed by atoms with Crippen LogP contribution in [0.1, 0.15) is 10.4 Å². The van der Waals surface area contributed by atoms with Crippen molar-refractivity contribution < 1.29 is 13.9 Å². The molecule has 0 aliphatic rings. The lowest BCUT2D eigenvalue weighted by molar-refractivity contribution is 0.102. The molecule has 1 aromatic carbocycles. The maximum Gasteiger partial charge on any atom is 0.259 e. The molecule has 7 heteroatoms. The van der Waals surface area contributed by atoms with Crippen molar-refractivity contribution in [2.24, 2.45) is 7.05 Å². The molecular weight excluding hydrogens is 273 g/mol. The number of methoxy groups -OCH3 is 1. The van der Waals surface area contributed by atoms with Crippen LogP contribution in [0.3, 0.4) is 0 Å². The van der Waals surface area contributed by atoms with Gasteiger partial charge in [0.2, 0.25) is 5.88 Å². The molecule has 0 bridgehead atoms. The van der Waals surface area contributed by atoms with Crippen molar-refractivity contribution in [3.8, 4) is 5.88 Å². The predicted molar refractivity (Wildman–Crippen MR) is 69.1 cm³/mol. The fourth-order valence-electron chi connectivity index (χ4n) is 1.56. The Morgan fingerprint density at radius 2 is 2.21 bits per heavy atom. The summed E-state index contributed by atoms with van der Waals surface area (Å²) in [5, 5.41) is 6.76. The van der Waals surface area contributed by atoms with E-state index < -0.39 is 11.7 Å². The smallest absolute Gasteiger partial charge is 0.259 e. The Labute approximate surface area is 113 Å². The number of halogens is 2. The van der Waals surface area contributed by atoms with Gasteiger partial charge in [-0.2, -0.15) is 5.10 Å². The van der Waals surface area contributed by atoms with Crippen LogP contribution >= 0.6 is 11.6 Å². The van der Waals surface area contributed by atoms with Gasteiger partial charge in [0, 0.05) is 18.1 Å². The van der Waals surface area contributed by atoms with Gasteiger partial charge in [-0.15, -0.1) is 0 Å². The number of carbonyl (C=O) groups excluding carboxylic acids is 1. The van der Waals surface area contributed by atoms with Crippen LogP contribution in [0.5, 0.6) is 5.88 Å². The van der Waals surface area contributed by atoms with Crippen molar-refractivity contribution in [2.75, 3.05) is 12.4 Å². The number of nitrogens with one attached hydrogen (secondary N) is 1. The Morgan fingerprint density at radius 3 is 2.84 bits per heavy atom. The standard InChI is InChI=1S/C12H11ClFN3O2/c1-17-11(19-2)6-10(16-17)15-12(18)8-5-7(13)3-4-9(8)14/h3-6H,1-2H3,(H,15,16,18). The van der Waals surface area contributed by atoms with Crippen LogP contribution in [0.15, 0.2) is 24.3 Å². The van der Waals surface area contributed by atoms with Gasteiger partial charge in [-0.3, -0.25) is 4.79 Å². The summed E-state index contributed by atoms with van der Waals surface area (Å²) < 4.78 is 20.0. The minimum atomic E-state index is -0.648. The number of hydrogen-bond donors (Lipinski definition) is 1. The maximum absolute atomic E-state index is 13.5. The SMILES string of the molecule is COc1cc(NC(=O)c2cc(Cl)ccc2F)nn1C. The van der Waals surface area contributed by atoms with Crippen LogP contribution in [0, 0.1) is 5.82 Å². The lowest BCUT2D eigenvalue weighted by atomic mass is 10.2. The Morgan fingerprint density at radius 1 is 1.47 bits per heavy atom. The van der Waals surface area contributed by atoms with E-state index in [1.54, 1.807) is 7.05 Å². The minimum absolute atomic E-state index is 0.142. The number of hydrogen-bond acceptors (Lipinski definition) is 3. The normalized spacial score (nSPS) is 10.3. The van der Waals surface area contributed by atoms with E-state index in [4.69, 9.17) is 16.3 Å². The van der Waals surface area contributed by atoms with Gasteiger partial charge in [0.1, 0.15) is 5.82 Å². The fraction of sp³-hybridized carbons (Fsp3) is 0.167. The average molecular weight is 284 g/mol. The van der Waals surface area contributed by atoms with Gasteiger partial charge < -0.3 is 10.1 Å². The van der Waals surface area contributed by atoms with Gasteiger partial charge in [0.05, 0.1) is 12.7 Å². The first kappa shape index (κ1) is 13.4. The van der Waals surface area contributed by atoms with E-state index in [0.717, 1.165) is 6.07 Å². The highest BCUT2D eigenvalue weighted by atomic mass is 35.5. The molecule has 2 aromatic rings. The van der Waals surface area contributed by atoms with Crippen molar-refractivity contribution in [1.29, 1.82) is 0 Å². The van der Waals surface area contributed by atoms with Crippen LogP contribution in [-0.4, -0.2) is 22.8 Å². The van der Waals surface area contributed by atoms with E-state index in [2.05, 4.69) is 10.4 Å². The summed E-state index contributed by atoms with van der Waals surface area (Å²) in [5.41, 5.74) is -0.142. The zero-order valence-electron chi connectivity index (χ0n) is 10.3. The van der Waals surface area contributed by atoms with Crippen molar-refractivity contribution in [3.63, 3.8) is 0 Å². The highest BCUT2D eigenvalue weighted by molar-refractivity contribution is 6.31. The van der Waals surface area contributed by atoms with E-state index >= 15 is 0 Å². The second kappa shape index (κ2) is 5.27. The van der Waals surface area contributed by atoms with Crippen LogP contribution in [0.25, 0.3) is 0 Å². The first-order chi connectivity index (χ1) is 9.01. The predicted octanol–water partition coefficient (Wildman–Crippen LogP) is 2.47. The number of amides is 1. The number of anilines is 1. The molecule has 0 aliphatic heterocycles.